The monoisotopic (exact) mass is 234 g/mol. The summed E-state index contributed by atoms with van der Waals surface area (Å²) in [5, 5.41) is 6.45. The number of aromatic amines is 2. The third kappa shape index (κ3) is 2.87. The van der Waals surface area contributed by atoms with Gasteiger partial charge in [0, 0.05) is 25.5 Å². The number of hydrogen-bond acceptors (Lipinski definition) is 4. The number of rotatable bonds is 6. The summed E-state index contributed by atoms with van der Waals surface area (Å²) in [6.07, 6.45) is 4.60. The van der Waals surface area contributed by atoms with E-state index in [9.17, 15) is 0 Å². The number of nitrogens with two attached hydrogens (primary N) is 2. The lowest BCUT2D eigenvalue weighted by atomic mass is 10.4. The second-order valence-corrected chi connectivity index (χ2v) is 3.82. The van der Waals surface area contributed by atoms with E-state index in [0.29, 0.717) is 0 Å². The van der Waals surface area contributed by atoms with Crippen LogP contribution in [0.2, 0.25) is 0 Å². The van der Waals surface area contributed by atoms with E-state index >= 15 is 0 Å². The largest absolute Gasteiger partial charge is 0.396 e. The average Bonchev–Trinajstić information content (AvgIpc) is 2.89. The SMILES string of the molecule is Nc1cc[nH]c1NCCCNc1[nH]ccc1N. The van der Waals surface area contributed by atoms with Gasteiger partial charge >= 0.3 is 0 Å². The maximum absolute atomic E-state index is 5.72. The van der Waals surface area contributed by atoms with Crippen LogP contribution in [0.1, 0.15) is 6.42 Å². The minimum atomic E-state index is 0.742. The molecule has 0 aromatic carbocycles. The quantitative estimate of drug-likeness (QED) is 0.425. The van der Waals surface area contributed by atoms with E-state index in [4.69, 9.17) is 11.5 Å². The lowest BCUT2D eigenvalue weighted by Crippen LogP contribution is -2.10. The smallest absolute Gasteiger partial charge is 0.126 e. The molecule has 0 amide bonds. The summed E-state index contributed by atoms with van der Waals surface area (Å²) in [5.41, 5.74) is 12.9. The predicted octanol–water partition coefficient (Wildman–Crippen LogP) is 1.42. The molecule has 0 atom stereocenters. The highest BCUT2D eigenvalue weighted by atomic mass is 15.0. The van der Waals surface area contributed by atoms with Crippen molar-refractivity contribution in [1.29, 1.82) is 0 Å². The maximum Gasteiger partial charge on any atom is 0.126 e. The Bertz CT molecular complexity index is 416. The van der Waals surface area contributed by atoms with Gasteiger partial charge in [-0.25, -0.2) is 0 Å². The van der Waals surface area contributed by atoms with Crippen LogP contribution in [0.15, 0.2) is 24.5 Å². The van der Waals surface area contributed by atoms with E-state index < -0.39 is 0 Å². The van der Waals surface area contributed by atoms with Crippen LogP contribution < -0.4 is 22.1 Å². The molecule has 0 saturated carbocycles. The normalized spacial score (nSPS) is 10.4. The molecule has 0 radical (unpaired) electrons. The lowest BCUT2D eigenvalue weighted by molar-refractivity contribution is 0.902. The maximum atomic E-state index is 5.72. The Labute approximate surface area is 99.8 Å². The molecule has 17 heavy (non-hydrogen) atoms. The van der Waals surface area contributed by atoms with Crippen molar-refractivity contribution in [2.75, 3.05) is 35.2 Å². The number of anilines is 4. The molecular weight excluding hydrogens is 216 g/mol. The summed E-state index contributed by atoms with van der Waals surface area (Å²) in [4.78, 5) is 6.07. The average molecular weight is 234 g/mol. The fraction of sp³-hybridized carbons (Fsp3) is 0.273. The first-order valence-corrected chi connectivity index (χ1v) is 5.61. The van der Waals surface area contributed by atoms with Crippen LogP contribution in [0.4, 0.5) is 23.0 Å². The molecule has 6 nitrogen and oxygen atoms in total. The van der Waals surface area contributed by atoms with Crippen LogP contribution in [0.25, 0.3) is 0 Å². The number of H-pyrrole nitrogens is 2. The first-order valence-electron chi connectivity index (χ1n) is 5.61. The Morgan fingerprint density at radius 3 is 1.71 bits per heavy atom. The number of hydrogen-bond donors (Lipinski definition) is 6. The van der Waals surface area contributed by atoms with E-state index in [1.807, 2.05) is 24.5 Å². The minimum Gasteiger partial charge on any atom is -0.396 e. The third-order valence-electron chi connectivity index (χ3n) is 2.52. The summed E-state index contributed by atoms with van der Waals surface area (Å²) < 4.78 is 0. The molecule has 92 valence electrons. The lowest BCUT2D eigenvalue weighted by Gasteiger charge is -2.07. The van der Waals surface area contributed by atoms with Gasteiger partial charge in [0.1, 0.15) is 11.6 Å². The van der Waals surface area contributed by atoms with Gasteiger partial charge in [-0.15, -0.1) is 0 Å². The van der Waals surface area contributed by atoms with E-state index in [1.54, 1.807) is 0 Å². The van der Waals surface area contributed by atoms with E-state index in [-0.39, 0.29) is 0 Å². The number of aromatic nitrogens is 2. The summed E-state index contributed by atoms with van der Waals surface area (Å²) in [6.45, 7) is 1.69. The van der Waals surface area contributed by atoms with Crippen LogP contribution >= 0.6 is 0 Å². The highest BCUT2D eigenvalue weighted by Gasteiger charge is 1.99. The van der Waals surface area contributed by atoms with Gasteiger partial charge in [-0.2, -0.15) is 0 Å². The molecule has 0 bridgehead atoms. The van der Waals surface area contributed by atoms with Gasteiger partial charge in [-0.05, 0) is 18.6 Å². The molecule has 0 spiro atoms. The Hall–Kier alpha value is -2.24. The van der Waals surface area contributed by atoms with Crippen LogP contribution in [0, 0.1) is 0 Å². The van der Waals surface area contributed by atoms with Crippen molar-refractivity contribution in [2.24, 2.45) is 0 Å². The Morgan fingerprint density at radius 1 is 0.882 bits per heavy atom. The van der Waals surface area contributed by atoms with Crippen molar-refractivity contribution in [3.63, 3.8) is 0 Å². The molecule has 0 aliphatic rings. The van der Waals surface area contributed by atoms with Crippen molar-refractivity contribution >= 4 is 23.0 Å². The molecular formula is C11H18N6. The van der Waals surface area contributed by atoms with Gasteiger partial charge in [-0.1, -0.05) is 0 Å². The highest BCUT2D eigenvalue weighted by Crippen LogP contribution is 2.15. The molecule has 2 rings (SSSR count). The number of nitrogens with one attached hydrogen (secondary N) is 4. The van der Waals surface area contributed by atoms with Gasteiger partial charge in [0.05, 0.1) is 11.4 Å². The van der Waals surface area contributed by atoms with Crippen LogP contribution in [0.5, 0.6) is 0 Å². The van der Waals surface area contributed by atoms with Crippen molar-refractivity contribution in [2.45, 2.75) is 6.42 Å². The predicted molar refractivity (Wildman–Crippen MR) is 72.0 cm³/mol. The summed E-state index contributed by atoms with van der Waals surface area (Å²) in [6, 6.07) is 3.67. The second kappa shape index (κ2) is 5.20. The third-order valence-corrected chi connectivity index (χ3v) is 2.52. The minimum absolute atomic E-state index is 0.742. The fourth-order valence-corrected chi connectivity index (χ4v) is 1.58. The fourth-order valence-electron chi connectivity index (χ4n) is 1.58. The summed E-state index contributed by atoms with van der Waals surface area (Å²) in [5.74, 6) is 1.76. The Balaban J connectivity index is 1.64. The van der Waals surface area contributed by atoms with Crippen LogP contribution in [-0.4, -0.2) is 23.1 Å². The molecule has 0 unspecified atom stereocenters. The van der Waals surface area contributed by atoms with Gasteiger partial charge in [-0.3, -0.25) is 0 Å². The van der Waals surface area contributed by atoms with Gasteiger partial charge in [0.25, 0.3) is 0 Å². The van der Waals surface area contributed by atoms with E-state index in [0.717, 1.165) is 42.5 Å². The van der Waals surface area contributed by atoms with Crippen molar-refractivity contribution in [1.82, 2.24) is 9.97 Å². The second-order valence-electron chi connectivity index (χ2n) is 3.82. The summed E-state index contributed by atoms with van der Waals surface area (Å²) in [7, 11) is 0. The van der Waals surface area contributed by atoms with Crippen molar-refractivity contribution < 1.29 is 0 Å². The zero-order valence-corrected chi connectivity index (χ0v) is 9.59. The highest BCUT2D eigenvalue weighted by molar-refractivity contribution is 5.62. The molecule has 2 aromatic heterocycles. The molecule has 2 heterocycles. The van der Waals surface area contributed by atoms with Crippen LogP contribution in [0.3, 0.4) is 0 Å². The molecule has 0 aliphatic heterocycles. The molecule has 0 saturated heterocycles. The molecule has 6 heteroatoms. The molecule has 0 aliphatic carbocycles. The van der Waals surface area contributed by atoms with Gasteiger partial charge in [0.2, 0.25) is 0 Å². The standard InChI is InChI=1S/C11H18N6/c12-8-2-6-16-10(8)14-4-1-5-15-11-9(13)3-7-17-11/h2-3,6-7,14-17H,1,4-5,12-13H2. The topological polar surface area (TPSA) is 108 Å². The molecule has 2 aromatic rings. The van der Waals surface area contributed by atoms with Crippen molar-refractivity contribution in [3.8, 4) is 0 Å². The number of nitrogen functional groups attached to an aromatic ring is 2. The molecule has 8 N–H and O–H groups in total. The Morgan fingerprint density at radius 2 is 1.35 bits per heavy atom. The first kappa shape index (κ1) is 11.3. The zero-order valence-electron chi connectivity index (χ0n) is 9.59. The van der Waals surface area contributed by atoms with E-state index in [2.05, 4.69) is 20.6 Å². The summed E-state index contributed by atoms with van der Waals surface area (Å²) >= 11 is 0. The van der Waals surface area contributed by atoms with Gasteiger partial charge in [0.15, 0.2) is 0 Å². The zero-order chi connectivity index (χ0) is 12.1. The van der Waals surface area contributed by atoms with Crippen molar-refractivity contribution in [3.05, 3.63) is 24.5 Å². The van der Waals surface area contributed by atoms with Crippen LogP contribution in [-0.2, 0) is 0 Å². The van der Waals surface area contributed by atoms with E-state index in [1.165, 1.54) is 0 Å². The van der Waals surface area contributed by atoms with Gasteiger partial charge < -0.3 is 32.1 Å². The molecule has 0 fully saturated rings. The Kier molecular flexibility index (Phi) is 3.44. The first-order chi connectivity index (χ1) is 8.27.